The fraction of sp³-hybridized carbons (Fsp3) is 0.500. The van der Waals surface area contributed by atoms with Gasteiger partial charge in [-0.15, -0.1) is 0 Å². The third-order valence-electron chi connectivity index (χ3n) is 2.63. The molecule has 0 aromatic heterocycles. The summed E-state index contributed by atoms with van der Waals surface area (Å²) in [6.07, 6.45) is 0. The van der Waals surface area contributed by atoms with Crippen LogP contribution in [0, 0.1) is 0 Å². The van der Waals surface area contributed by atoms with Crippen molar-refractivity contribution in [1.82, 2.24) is 4.90 Å². The summed E-state index contributed by atoms with van der Waals surface area (Å²) >= 11 is 0. The van der Waals surface area contributed by atoms with Gasteiger partial charge in [0.1, 0.15) is 0 Å². The number of rotatable bonds is 7. The fourth-order valence-corrected chi connectivity index (χ4v) is 1.83. The van der Waals surface area contributed by atoms with Crippen molar-refractivity contribution in [3.63, 3.8) is 0 Å². The first-order valence-corrected chi connectivity index (χ1v) is 6.46. The maximum atomic E-state index is 12.4. The molecule has 1 rings (SSSR count). The van der Waals surface area contributed by atoms with E-state index in [1.165, 1.54) is 4.90 Å². The average Bonchev–Trinajstić information content (AvgIpc) is 2.38. The lowest BCUT2D eigenvalue weighted by Crippen LogP contribution is -2.36. The predicted octanol–water partition coefficient (Wildman–Crippen LogP) is 0.934. The van der Waals surface area contributed by atoms with Crippen LogP contribution >= 0.6 is 0 Å². The highest BCUT2D eigenvalue weighted by Crippen LogP contribution is 2.18. The lowest BCUT2D eigenvalue weighted by molar-refractivity contribution is 0.0685. The molecule has 1 amide bonds. The molecule has 106 valence electrons. The molecule has 0 spiro atoms. The van der Waals surface area contributed by atoms with Gasteiger partial charge in [0.05, 0.1) is 18.8 Å². The number of carbonyl (C=O) groups is 1. The van der Waals surface area contributed by atoms with E-state index in [1.807, 2.05) is 26.0 Å². The van der Waals surface area contributed by atoms with Crippen molar-refractivity contribution < 1.29 is 15.0 Å². The van der Waals surface area contributed by atoms with E-state index >= 15 is 0 Å². The molecule has 0 fully saturated rings. The maximum absolute atomic E-state index is 12.4. The Hall–Kier alpha value is -1.59. The molecule has 0 atom stereocenters. The lowest BCUT2D eigenvalue weighted by atomic mass is 10.1. The first-order chi connectivity index (χ1) is 9.10. The molecule has 0 heterocycles. The van der Waals surface area contributed by atoms with Gasteiger partial charge < -0.3 is 20.4 Å². The number of benzene rings is 1. The van der Waals surface area contributed by atoms with Gasteiger partial charge in [-0.1, -0.05) is 12.1 Å². The molecule has 0 saturated heterocycles. The minimum Gasteiger partial charge on any atom is -0.395 e. The quantitative estimate of drug-likeness (QED) is 0.686. The average molecular weight is 266 g/mol. The molecule has 1 aromatic rings. The van der Waals surface area contributed by atoms with Gasteiger partial charge in [0, 0.05) is 24.8 Å². The van der Waals surface area contributed by atoms with Crippen LogP contribution in [0.3, 0.4) is 0 Å². The molecule has 5 nitrogen and oxygen atoms in total. The second kappa shape index (κ2) is 7.76. The summed E-state index contributed by atoms with van der Waals surface area (Å²) in [6.45, 7) is 4.20. The molecular formula is C14H22N2O3. The number of nitrogens with zero attached hydrogens (tertiary/aromatic N) is 1. The zero-order valence-corrected chi connectivity index (χ0v) is 11.5. The zero-order chi connectivity index (χ0) is 14.3. The molecule has 0 aliphatic heterocycles. The molecule has 3 N–H and O–H groups in total. The van der Waals surface area contributed by atoms with Gasteiger partial charge in [-0.2, -0.15) is 0 Å². The van der Waals surface area contributed by atoms with E-state index in [2.05, 4.69) is 5.32 Å². The summed E-state index contributed by atoms with van der Waals surface area (Å²) in [4.78, 5) is 13.8. The van der Waals surface area contributed by atoms with Crippen molar-refractivity contribution in [2.24, 2.45) is 0 Å². The number of hydrogen-bond donors (Lipinski definition) is 3. The number of aliphatic hydroxyl groups excluding tert-OH is 2. The van der Waals surface area contributed by atoms with Gasteiger partial charge >= 0.3 is 0 Å². The Bertz CT molecular complexity index is 401. The van der Waals surface area contributed by atoms with Crippen LogP contribution < -0.4 is 5.32 Å². The van der Waals surface area contributed by atoms with E-state index in [4.69, 9.17) is 10.2 Å². The Morgan fingerprint density at radius 2 is 1.79 bits per heavy atom. The molecule has 5 heteroatoms. The van der Waals surface area contributed by atoms with Crippen molar-refractivity contribution in [3.05, 3.63) is 29.8 Å². The molecular weight excluding hydrogens is 244 g/mol. The van der Waals surface area contributed by atoms with E-state index in [0.29, 0.717) is 5.56 Å². The summed E-state index contributed by atoms with van der Waals surface area (Å²) in [5.74, 6) is -0.188. The minimum atomic E-state index is -0.188. The highest BCUT2D eigenvalue weighted by molar-refractivity contribution is 5.99. The zero-order valence-electron chi connectivity index (χ0n) is 11.5. The molecule has 0 aliphatic carbocycles. The van der Waals surface area contributed by atoms with Crippen LogP contribution in [0.25, 0.3) is 0 Å². The molecule has 0 aliphatic rings. The van der Waals surface area contributed by atoms with Crippen LogP contribution in [0.2, 0.25) is 0 Å². The predicted molar refractivity (Wildman–Crippen MR) is 75.3 cm³/mol. The van der Waals surface area contributed by atoms with Crippen LogP contribution in [0.5, 0.6) is 0 Å². The smallest absolute Gasteiger partial charge is 0.256 e. The van der Waals surface area contributed by atoms with Gasteiger partial charge in [0.15, 0.2) is 0 Å². The highest BCUT2D eigenvalue weighted by Gasteiger charge is 2.18. The van der Waals surface area contributed by atoms with E-state index in [9.17, 15) is 4.79 Å². The van der Waals surface area contributed by atoms with Crippen molar-refractivity contribution in [2.45, 2.75) is 19.9 Å². The van der Waals surface area contributed by atoms with Gasteiger partial charge in [-0.25, -0.2) is 0 Å². The molecule has 19 heavy (non-hydrogen) atoms. The number of nitrogens with one attached hydrogen (secondary N) is 1. The number of carbonyl (C=O) groups excluding carboxylic acids is 1. The van der Waals surface area contributed by atoms with Crippen molar-refractivity contribution >= 4 is 11.6 Å². The fourth-order valence-electron chi connectivity index (χ4n) is 1.83. The lowest BCUT2D eigenvalue weighted by Gasteiger charge is -2.23. The standard InChI is InChI=1S/C14H22N2O3/c1-11(2)15-13-6-4-3-5-12(13)14(19)16(7-9-17)8-10-18/h3-6,11,15,17-18H,7-10H2,1-2H3. The van der Waals surface area contributed by atoms with Gasteiger partial charge in [-0.05, 0) is 26.0 Å². The summed E-state index contributed by atoms with van der Waals surface area (Å²) < 4.78 is 0. The SMILES string of the molecule is CC(C)Nc1ccccc1C(=O)N(CCO)CCO. The summed E-state index contributed by atoms with van der Waals surface area (Å²) in [6, 6.07) is 7.48. The number of amides is 1. The van der Waals surface area contributed by atoms with Crippen LogP contribution in [0.4, 0.5) is 5.69 Å². The van der Waals surface area contributed by atoms with E-state index in [1.54, 1.807) is 12.1 Å². The molecule has 0 saturated carbocycles. The van der Waals surface area contributed by atoms with Crippen molar-refractivity contribution in [2.75, 3.05) is 31.6 Å². The van der Waals surface area contributed by atoms with Crippen LogP contribution in [0.1, 0.15) is 24.2 Å². The highest BCUT2D eigenvalue weighted by atomic mass is 16.3. The second-order valence-corrected chi connectivity index (χ2v) is 4.58. The van der Waals surface area contributed by atoms with E-state index in [0.717, 1.165) is 5.69 Å². The number of para-hydroxylation sites is 1. The summed E-state index contributed by atoms with van der Waals surface area (Å²) in [7, 11) is 0. The van der Waals surface area contributed by atoms with E-state index < -0.39 is 0 Å². The number of hydrogen-bond acceptors (Lipinski definition) is 4. The Labute approximate surface area is 113 Å². The Morgan fingerprint density at radius 1 is 1.21 bits per heavy atom. The van der Waals surface area contributed by atoms with Crippen molar-refractivity contribution in [1.29, 1.82) is 0 Å². The Morgan fingerprint density at radius 3 is 2.32 bits per heavy atom. The normalized spacial score (nSPS) is 10.6. The van der Waals surface area contributed by atoms with E-state index in [-0.39, 0.29) is 38.3 Å². The van der Waals surface area contributed by atoms with Gasteiger partial charge in [0.2, 0.25) is 0 Å². The maximum Gasteiger partial charge on any atom is 0.256 e. The van der Waals surface area contributed by atoms with Crippen LogP contribution in [-0.2, 0) is 0 Å². The van der Waals surface area contributed by atoms with Crippen LogP contribution in [-0.4, -0.2) is 53.4 Å². The number of anilines is 1. The third kappa shape index (κ3) is 4.54. The van der Waals surface area contributed by atoms with Gasteiger partial charge in [-0.3, -0.25) is 4.79 Å². The monoisotopic (exact) mass is 266 g/mol. The Kier molecular flexibility index (Phi) is 6.32. The first kappa shape index (κ1) is 15.5. The summed E-state index contributed by atoms with van der Waals surface area (Å²) in [5.41, 5.74) is 1.32. The number of aliphatic hydroxyl groups is 2. The molecule has 1 aromatic carbocycles. The van der Waals surface area contributed by atoms with Crippen molar-refractivity contribution in [3.8, 4) is 0 Å². The van der Waals surface area contributed by atoms with Crippen LogP contribution in [0.15, 0.2) is 24.3 Å². The minimum absolute atomic E-state index is 0.120. The molecule has 0 bridgehead atoms. The second-order valence-electron chi connectivity index (χ2n) is 4.58. The topological polar surface area (TPSA) is 72.8 Å². The first-order valence-electron chi connectivity index (χ1n) is 6.46. The Balaban J connectivity index is 2.96. The van der Waals surface area contributed by atoms with Gasteiger partial charge in [0.25, 0.3) is 5.91 Å². The summed E-state index contributed by atoms with van der Waals surface area (Å²) in [5, 5.41) is 21.2. The largest absolute Gasteiger partial charge is 0.395 e. The molecule has 0 radical (unpaired) electrons. The third-order valence-corrected chi connectivity index (χ3v) is 2.63. The molecule has 0 unspecified atom stereocenters.